The maximum absolute atomic E-state index is 5.89. The number of hydrogen-bond acceptors (Lipinski definition) is 8. The third kappa shape index (κ3) is 4.84. The highest BCUT2D eigenvalue weighted by Gasteiger charge is 2.20. The Morgan fingerprint density at radius 3 is 2.65 bits per heavy atom. The van der Waals surface area contributed by atoms with E-state index in [1.807, 2.05) is 78.2 Å². The fourth-order valence-corrected chi connectivity index (χ4v) is 4.29. The summed E-state index contributed by atoms with van der Waals surface area (Å²) >= 11 is 1.47. The predicted octanol–water partition coefficient (Wildman–Crippen LogP) is 4.99. The number of para-hydroxylation sites is 2. The molecule has 34 heavy (non-hydrogen) atoms. The molecule has 0 saturated carbocycles. The summed E-state index contributed by atoms with van der Waals surface area (Å²) in [6.07, 6.45) is 4.13. The summed E-state index contributed by atoms with van der Waals surface area (Å²) in [5.74, 6) is 3.08. The third-order valence-corrected chi connectivity index (χ3v) is 5.91. The van der Waals surface area contributed by atoms with Gasteiger partial charge >= 0.3 is 0 Å². The van der Waals surface area contributed by atoms with Crippen molar-refractivity contribution in [1.29, 1.82) is 0 Å². The summed E-state index contributed by atoms with van der Waals surface area (Å²) in [7, 11) is 0. The molecule has 0 aliphatic rings. The van der Waals surface area contributed by atoms with Gasteiger partial charge in [-0.1, -0.05) is 59.4 Å². The van der Waals surface area contributed by atoms with Gasteiger partial charge in [-0.05, 0) is 36.8 Å². The van der Waals surface area contributed by atoms with Gasteiger partial charge in [0, 0.05) is 24.4 Å². The van der Waals surface area contributed by atoms with Crippen LogP contribution in [0.25, 0.3) is 17.1 Å². The van der Waals surface area contributed by atoms with Gasteiger partial charge in [0.15, 0.2) is 16.8 Å². The lowest BCUT2D eigenvalue weighted by Crippen LogP contribution is -2.04. The lowest BCUT2D eigenvalue weighted by Gasteiger charge is -2.14. The van der Waals surface area contributed by atoms with Crippen molar-refractivity contribution >= 4 is 11.8 Å². The topological polar surface area (TPSA) is 91.8 Å². The van der Waals surface area contributed by atoms with Crippen molar-refractivity contribution in [1.82, 2.24) is 29.9 Å². The fraction of sp³-hybridized carbons (Fsp3) is 0.160. The molecule has 0 saturated heterocycles. The molecule has 5 rings (SSSR count). The van der Waals surface area contributed by atoms with E-state index in [4.69, 9.17) is 9.26 Å². The Morgan fingerprint density at radius 2 is 1.82 bits per heavy atom. The number of aromatic nitrogens is 6. The summed E-state index contributed by atoms with van der Waals surface area (Å²) in [6.45, 7) is 2.51. The first-order valence-electron chi connectivity index (χ1n) is 10.9. The van der Waals surface area contributed by atoms with Crippen molar-refractivity contribution in [3.05, 3.63) is 96.4 Å². The first kappa shape index (κ1) is 21.8. The average molecular weight is 471 g/mol. The highest BCUT2D eigenvalue weighted by Crippen LogP contribution is 2.33. The maximum atomic E-state index is 5.89. The second kappa shape index (κ2) is 10.3. The van der Waals surface area contributed by atoms with Crippen molar-refractivity contribution in [3.8, 4) is 22.8 Å². The van der Waals surface area contributed by atoms with Crippen LogP contribution in [0.4, 0.5) is 0 Å². The molecular weight excluding hydrogens is 448 g/mol. The summed E-state index contributed by atoms with van der Waals surface area (Å²) in [4.78, 5) is 8.79. The van der Waals surface area contributed by atoms with Crippen LogP contribution in [0.2, 0.25) is 0 Å². The fourth-order valence-electron chi connectivity index (χ4n) is 3.51. The van der Waals surface area contributed by atoms with Crippen LogP contribution >= 0.6 is 11.8 Å². The van der Waals surface area contributed by atoms with Crippen LogP contribution in [0.1, 0.15) is 24.2 Å². The summed E-state index contributed by atoms with van der Waals surface area (Å²) in [5.41, 5.74) is 2.85. The number of ether oxygens (including phenoxy) is 1. The molecule has 9 heteroatoms. The molecule has 3 heterocycles. The van der Waals surface area contributed by atoms with Gasteiger partial charge in [0.1, 0.15) is 5.75 Å². The first-order chi connectivity index (χ1) is 16.8. The molecule has 0 aliphatic heterocycles. The Hall–Kier alpha value is -3.98. The van der Waals surface area contributed by atoms with E-state index in [1.165, 1.54) is 11.8 Å². The van der Waals surface area contributed by atoms with E-state index in [0.717, 1.165) is 22.6 Å². The van der Waals surface area contributed by atoms with Crippen molar-refractivity contribution < 1.29 is 9.26 Å². The van der Waals surface area contributed by atoms with Crippen LogP contribution < -0.4 is 4.74 Å². The van der Waals surface area contributed by atoms with Crippen molar-refractivity contribution in [2.24, 2.45) is 0 Å². The van der Waals surface area contributed by atoms with Crippen LogP contribution in [0.5, 0.6) is 5.75 Å². The Labute approximate surface area is 201 Å². The van der Waals surface area contributed by atoms with Gasteiger partial charge in [-0.25, -0.2) is 0 Å². The molecule has 170 valence electrons. The number of pyridine rings is 1. The molecule has 0 fully saturated rings. The smallest absolute Gasteiger partial charge is 0.237 e. The molecule has 0 amide bonds. The van der Waals surface area contributed by atoms with Gasteiger partial charge in [-0.3, -0.25) is 9.55 Å². The van der Waals surface area contributed by atoms with E-state index in [-0.39, 0.29) is 0 Å². The van der Waals surface area contributed by atoms with Crippen LogP contribution in [-0.4, -0.2) is 36.5 Å². The molecule has 0 N–H and O–H groups in total. The van der Waals surface area contributed by atoms with Gasteiger partial charge in [0.2, 0.25) is 5.89 Å². The zero-order valence-electron chi connectivity index (χ0n) is 18.5. The zero-order chi connectivity index (χ0) is 23.2. The number of thioether (sulfide) groups is 1. The molecule has 8 nitrogen and oxygen atoms in total. The van der Waals surface area contributed by atoms with E-state index in [2.05, 4.69) is 25.3 Å². The summed E-state index contributed by atoms with van der Waals surface area (Å²) < 4.78 is 13.4. The van der Waals surface area contributed by atoms with Gasteiger partial charge in [-0.2, -0.15) is 4.98 Å². The largest absolute Gasteiger partial charge is 0.492 e. The molecular formula is C25H22N6O2S. The van der Waals surface area contributed by atoms with Crippen molar-refractivity contribution in [2.45, 2.75) is 24.3 Å². The average Bonchev–Trinajstić information content (AvgIpc) is 3.51. The Bertz CT molecular complexity index is 1350. The Morgan fingerprint density at radius 1 is 0.971 bits per heavy atom. The number of nitrogens with zero attached hydrogens (tertiary/aromatic N) is 6. The molecule has 0 atom stereocenters. The molecule has 3 aromatic heterocycles. The molecule has 0 unspecified atom stereocenters. The third-order valence-electron chi connectivity index (χ3n) is 5.00. The van der Waals surface area contributed by atoms with Crippen LogP contribution in [0.3, 0.4) is 0 Å². The standard InChI is InChI=1S/C25H22N6O2S/c1-2-32-21-13-7-6-12-20(21)31-24(19-11-8-14-26-16-19)28-29-25(31)34-17-23-27-22(30-33-23)15-18-9-4-3-5-10-18/h3-14,16H,2,15,17H2,1H3. The number of hydrogen-bond donors (Lipinski definition) is 0. The van der Waals surface area contributed by atoms with Crippen LogP contribution in [-0.2, 0) is 12.2 Å². The Balaban J connectivity index is 1.43. The van der Waals surface area contributed by atoms with Crippen molar-refractivity contribution in [2.75, 3.05) is 6.61 Å². The van der Waals surface area contributed by atoms with Gasteiger partial charge in [0.25, 0.3) is 0 Å². The second-order valence-electron chi connectivity index (χ2n) is 7.34. The van der Waals surface area contributed by atoms with E-state index >= 15 is 0 Å². The van der Waals surface area contributed by atoms with E-state index in [1.54, 1.807) is 12.4 Å². The molecule has 0 spiro atoms. The highest BCUT2D eigenvalue weighted by atomic mass is 32.2. The van der Waals surface area contributed by atoms with E-state index in [0.29, 0.717) is 41.5 Å². The molecule has 2 aromatic carbocycles. The van der Waals surface area contributed by atoms with Crippen LogP contribution in [0, 0.1) is 0 Å². The maximum Gasteiger partial charge on any atom is 0.237 e. The van der Waals surface area contributed by atoms with E-state index < -0.39 is 0 Å². The quantitative estimate of drug-likeness (QED) is 0.278. The SMILES string of the molecule is CCOc1ccccc1-n1c(SCc2nc(Cc3ccccc3)no2)nnc1-c1cccnc1. The molecule has 0 bridgehead atoms. The van der Waals surface area contributed by atoms with E-state index in [9.17, 15) is 0 Å². The van der Waals surface area contributed by atoms with Gasteiger partial charge in [0.05, 0.1) is 18.0 Å². The minimum absolute atomic E-state index is 0.462. The number of rotatable bonds is 9. The van der Waals surface area contributed by atoms with Gasteiger partial charge < -0.3 is 9.26 Å². The lowest BCUT2D eigenvalue weighted by molar-refractivity contribution is 0.338. The van der Waals surface area contributed by atoms with Gasteiger partial charge in [-0.15, -0.1) is 10.2 Å². The van der Waals surface area contributed by atoms with Crippen LogP contribution in [0.15, 0.2) is 88.8 Å². The minimum atomic E-state index is 0.462. The second-order valence-corrected chi connectivity index (χ2v) is 8.28. The normalized spacial score (nSPS) is 11.0. The number of benzene rings is 2. The molecule has 0 aliphatic carbocycles. The molecule has 5 aromatic rings. The lowest BCUT2D eigenvalue weighted by atomic mass is 10.1. The Kier molecular flexibility index (Phi) is 6.62. The van der Waals surface area contributed by atoms with Crippen molar-refractivity contribution in [3.63, 3.8) is 0 Å². The first-order valence-corrected chi connectivity index (χ1v) is 11.9. The zero-order valence-corrected chi connectivity index (χ0v) is 19.4. The minimum Gasteiger partial charge on any atom is -0.492 e. The monoisotopic (exact) mass is 470 g/mol. The highest BCUT2D eigenvalue weighted by molar-refractivity contribution is 7.98. The predicted molar refractivity (Wildman–Crippen MR) is 129 cm³/mol. The summed E-state index contributed by atoms with van der Waals surface area (Å²) in [5, 5.41) is 13.7. The molecule has 0 radical (unpaired) electrons. The summed E-state index contributed by atoms with van der Waals surface area (Å²) in [6, 6.07) is 21.7.